The van der Waals surface area contributed by atoms with Crippen molar-refractivity contribution in [3.05, 3.63) is 18.0 Å². The molecule has 0 saturated carbocycles. The quantitative estimate of drug-likeness (QED) is 0.771. The molecule has 0 aromatic carbocycles. The lowest BCUT2D eigenvalue weighted by Gasteiger charge is -2.32. The summed E-state index contributed by atoms with van der Waals surface area (Å²) < 4.78 is 1.31. The van der Waals surface area contributed by atoms with E-state index in [1.165, 1.54) is 4.68 Å². The predicted octanol–water partition coefficient (Wildman–Crippen LogP) is -0.615. The van der Waals surface area contributed by atoms with Gasteiger partial charge in [0.05, 0.1) is 0 Å². The number of hydrogen-bond acceptors (Lipinski definition) is 6. The Morgan fingerprint density at radius 1 is 1.55 bits per heavy atom. The molecule has 3 N–H and O–H groups in total. The number of piperidine rings is 1. The molecule has 2 aromatic rings. The first-order chi connectivity index (χ1) is 9.74. The van der Waals surface area contributed by atoms with Crippen LogP contribution < -0.4 is 5.73 Å². The minimum atomic E-state index is -0.0202. The molecule has 9 nitrogen and oxygen atoms in total. The normalized spacial score (nSPS) is 19.2. The summed E-state index contributed by atoms with van der Waals surface area (Å²) >= 11 is 0. The molecule has 1 aliphatic heterocycles. The van der Waals surface area contributed by atoms with Crippen LogP contribution in [0.2, 0.25) is 0 Å². The number of likely N-dealkylation sites (tertiary alicyclic amines) is 1. The van der Waals surface area contributed by atoms with Crippen LogP contribution >= 0.6 is 0 Å². The molecule has 0 unspecified atom stereocenters. The van der Waals surface area contributed by atoms with Gasteiger partial charge in [-0.05, 0) is 29.3 Å². The smallest absolute Gasteiger partial charge is 0.244 e. The van der Waals surface area contributed by atoms with Crippen molar-refractivity contribution in [2.45, 2.75) is 25.3 Å². The highest BCUT2D eigenvalue weighted by molar-refractivity contribution is 5.76. The molecule has 1 aliphatic rings. The third-order valence-electron chi connectivity index (χ3n) is 3.58. The SMILES string of the molecule is Nc1nnnn1CC(=O)N1CCC[C@@H](c2ccn[nH]2)C1. The highest BCUT2D eigenvalue weighted by Gasteiger charge is 2.26. The van der Waals surface area contributed by atoms with Crippen LogP contribution in [0.3, 0.4) is 0 Å². The van der Waals surface area contributed by atoms with Crippen LogP contribution in [0.5, 0.6) is 0 Å². The van der Waals surface area contributed by atoms with Crippen LogP contribution in [0.4, 0.5) is 5.95 Å². The number of nitrogens with one attached hydrogen (secondary N) is 1. The zero-order chi connectivity index (χ0) is 13.9. The Balaban J connectivity index is 1.65. The van der Waals surface area contributed by atoms with Gasteiger partial charge in [0.2, 0.25) is 11.9 Å². The number of tetrazole rings is 1. The fraction of sp³-hybridized carbons (Fsp3) is 0.545. The van der Waals surface area contributed by atoms with Crippen LogP contribution in [-0.4, -0.2) is 54.3 Å². The summed E-state index contributed by atoms with van der Waals surface area (Å²) in [5, 5.41) is 17.6. The zero-order valence-corrected chi connectivity index (χ0v) is 10.9. The molecule has 0 spiro atoms. The minimum absolute atomic E-state index is 0.0202. The first-order valence-electron chi connectivity index (χ1n) is 6.52. The molecule has 1 atom stereocenters. The van der Waals surface area contributed by atoms with Crippen molar-refractivity contribution in [1.82, 2.24) is 35.3 Å². The Morgan fingerprint density at radius 3 is 3.15 bits per heavy atom. The number of amides is 1. The summed E-state index contributed by atoms with van der Waals surface area (Å²) in [5.41, 5.74) is 6.64. The molecule has 0 radical (unpaired) electrons. The molecule has 1 amide bonds. The summed E-state index contributed by atoms with van der Waals surface area (Å²) in [7, 11) is 0. The van der Waals surface area contributed by atoms with E-state index in [1.54, 1.807) is 6.20 Å². The van der Waals surface area contributed by atoms with Crippen LogP contribution in [0, 0.1) is 0 Å². The first-order valence-corrected chi connectivity index (χ1v) is 6.52. The average Bonchev–Trinajstić information content (AvgIpc) is 3.12. The number of carbonyl (C=O) groups excluding carboxylic acids is 1. The largest absolute Gasteiger partial charge is 0.367 e. The summed E-state index contributed by atoms with van der Waals surface area (Å²) in [4.78, 5) is 14.1. The second-order valence-electron chi connectivity index (χ2n) is 4.89. The van der Waals surface area contributed by atoms with Crippen molar-refractivity contribution in [2.24, 2.45) is 0 Å². The van der Waals surface area contributed by atoms with E-state index in [1.807, 2.05) is 11.0 Å². The molecule has 106 valence electrons. The molecule has 20 heavy (non-hydrogen) atoms. The van der Waals surface area contributed by atoms with Crippen LogP contribution in [0.15, 0.2) is 12.3 Å². The van der Waals surface area contributed by atoms with Crippen molar-refractivity contribution in [1.29, 1.82) is 0 Å². The number of aromatic amines is 1. The Kier molecular flexibility index (Phi) is 3.32. The number of anilines is 1. The van der Waals surface area contributed by atoms with Crippen molar-refractivity contribution in [2.75, 3.05) is 18.8 Å². The van der Waals surface area contributed by atoms with Gasteiger partial charge in [-0.3, -0.25) is 9.89 Å². The third-order valence-corrected chi connectivity index (χ3v) is 3.58. The van der Waals surface area contributed by atoms with E-state index in [0.717, 1.165) is 25.1 Å². The van der Waals surface area contributed by atoms with Crippen LogP contribution in [0.25, 0.3) is 0 Å². The van der Waals surface area contributed by atoms with Crippen LogP contribution in [-0.2, 0) is 11.3 Å². The van der Waals surface area contributed by atoms with Gasteiger partial charge in [0.15, 0.2) is 0 Å². The van der Waals surface area contributed by atoms with Gasteiger partial charge in [0.25, 0.3) is 0 Å². The molecule has 1 saturated heterocycles. The van der Waals surface area contributed by atoms with Crippen molar-refractivity contribution in [3.63, 3.8) is 0 Å². The lowest BCUT2D eigenvalue weighted by molar-refractivity contribution is -0.133. The fourth-order valence-corrected chi connectivity index (χ4v) is 2.50. The van der Waals surface area contributed by atoms with Gasteiger partial charge in [-0.25, -0.2) is 4.68 Å². The average molecular weight is 276 g/mol. The van der Waals surface area contributed by atoms with Gasteiger partial charge in [-0.2, -0.15) is 5.10 Å². The van der Waals surface area contributed by atoms with E-state index in [2.05, 4.69) is 25.7 Å². The summed E-state index contributed by atoms with van der Waals surface area (Å²) in [5.74, 6) is 0.440. The van der Waals surface area contributed by atoms with Gasteiger partial charge < -0.3 is 10.6 Å². The maximum absolute atomic E-state index is 12.3. The van der Waals surface area contributed by atoms with Crippen molar-refractivity contribution in [3.8, 4) is 0 Å². The maximum atomic E-state index is 12.3. The molecule has 0 bridgehead atoms. The summed E-state index contributed by atoms with van der Waals surface area (Å²) in [6.45, 7) is 1.52. The zero-order valence-electron chi connectivity index (χ0n) is 10.9. The van der Waals surface area contributed by atoms with Crippen molar-refractivity contribution < 1.29 is 4.79 Å². The molecule has 3 heterocycles. The number of hydrogen-bond donors (Lipinski definition) is 2. The number of aromatic nitrogens is 6. The molecule has 0 aliphatic carbocycles. The fourth-order valence-electron chi connectivity index (χ4n) is 2.50. The number of carbonyl (C=O) groups is 1. The second kappa shape index (κ2) is 5.27. The van der Waals surface area contributed by atoms with E-state index in [-0.39, 0.29) is 18.4 Å². The van der Waals surface area contributed by atoms with E-state index in [4.69, 9.17) is 5.73 Å². The molecular formula is C11H16N8O. The molecule has 9 heteroatoms. The number of nitrogens with zero attached hydrogens (tertiary/aromatic N) is 6. The number of rotatable bonds is 3. The monoisotopic (exact) mass is 276 g/mol. The Morgan fingerprint density at radius 2 is 2.45 bits per heavy atom. The molecular weight excluding hydrogens is 260 g/mol. The summed E-state index contributed by atoms with van der Waals surface area (Å²) in [6, 6.07) is 1.96. The van der Waals surface area contributed by atoms with Gasteiger partial charge in [-0.15, -0.1) is 0 Å². The number of nitrogen functional groups attached to an aromatic ring is 1. The van der Waals surface area contributed by atoms with E-state index in [9.17, 15) is 4.79 Å². The first kappa shape index (κ1) is 12.6. The lowest BCUT2D eigenvalue weighted by atomic mass is 9.95. The van der Waals surface area contributed by atoms with Gasteiger partial charge >= 0.3 is 0 Å². The molecule has 3 rings (SSSR count). The minimum Gasteiger partial charge on any atom is -0.367 e. The van der Waals surface area contributed by atoms with E-state index >= 15 is 0 Å². The third kappa shape index (κ3) is 2.46. The highest BCUT2D eigenvalue weighted by atomic mass is 16.2. The Labute approximate surface area is 115 Å². The van der Waals surface area contributed by atoms with Gasteiger partial charge in [-0.1, -0.05) is 5.10 Å². The van der Waals surface area contributed by atoms with Gasteiger partial charge in [0.1, 0.15) is 6.54 Å². The number of nitrogens with two attached hydrogens (primary N) is 1. The van der Waals surface area contributed by atoms with E-state index < -0.39 is 0 Å². The topological polar surface area (TPSA) is 119 Å². The lowest BCUT2D eigenvalue weighted by Crippen LogP contribution is -2.41. The molecule has 1 fully saturated rings. The molecule has 2 aromatic heterocycles. The Bertz CT molecular complexity index is 577. The highest BCUT2D eigenvalue weighted by Crippen LogP contribution is 2.25. The predicted molar refractivity (Wildman–Crippen MR) is 69.4 cm³/mol. The van der Waals surface area contributed by atoms with E-state index in [0.29, 0.717) is 12.5 Å². The summed E-state index contributed by atoms with van der Waals surface area (Å²) in [6.07, 6.45) is 3.76. The van der Waals surface area contributed by atoms with Crippen molar-refractivity contribution >= 4 is 11.9 Å². The number of H-pyrrole nitrogens is 1. The van der Waals surface area contributed by atoms with Gasteiger partial charge in [0, 0.05) is 30.9 Å². The standard InChI is InChI=1S/C11H16N8O/c12-11-15-16-17-19(11)7-10(20)18-5-1-2-8(6-18)9-3-4-13-14-9/h3-4,8H,1-2,5-7H2,(H,13,14)(H2,12,15,17)/t8-/m1/s1. The maximum Gasteiger partial charge on any atom is 0.244 e. The van der Waals surface area contributed by atoms with Crippen LogP contribution in [0.1, 0.15) is 24.5 Å². The second-order valence-corrected chi connectivity index (χ2v) is 4.89. The Hall–Kier alpha value is -2.45.